The van der Waals surface area contributed by atoms with Gasteiger partial charge in [-0.25, -0.2) is 9.97 Å². The molecule has 4 heterocycles. The molecular formula is C19H12N4. The van der Waals surface area contributed by atoms with E-state index in [4.69, 9.17) is 0 Å². The Hall–Kier alpha value is -3.45. The van der Waals surface area contributed by atoms with E-state index in [1.54, 1.807) is 12.4 Å². The van der Waals surface area contributed by atoms with Crippen molar-refractivity contribution in [3.8, 4) is 23.4 Å². The van der Waals surface area contributed by atoms with Crippen LogP contribution in [0.4, 0.5) is 0 Å². The lowest BCUT2D eigenvalue weighted by atomic mass is 10.3. The Balaban J connectivity index is 1.87. The van der Waals surface area contributed by atoms with Crippen LogP contribution in [-0.4, -0.2) is 19.4 Å². The Bertz CT molecular complexity index is 1010. The van der Waals surface area contributed by atoms with Crippen molar-refractivity contribution >= 4 is 5.52 Å². The molecule has 0 aliphatic carbocycles. The standard InChI is InChI=1S/C19H12N4/c1-4-12-20-15(7-1)10-11-16-18-9-3-6-14-23(18)19(22-16)17-8-2-5-13-21-17/h1-9,12-14H. The molecule has 0 atom stereocenters. The molecule has 0 fully saturated rings. The number of hydrogen-bond acceptors (Lipinski definition) is 3. The third kappa shape index (κ3) is 2.56. The summed E-state index contributed by atoms with van der Waals surface area (Å²) in [5.41, 5.74) is 3.22. The Morgan fingerprint density at radius 2 is 1.61 bits per heavy atom. The number of nitrogens with zero attached hydrogens (tertiary/aromatic N) is 4. The van der Waals surface area contributed by atoms with Gasteiger partial charge in [-0.1, -0.05) is 18.2 Å². The molecule has 0 spiro atoms. The summed E-state index contributed by atoms with van der Waals surface area (Å²) in [5, 5.41) is 0. The number of aromatic nitrogens is 4. The largest absolute Gasteiger partial charge is 0.297 e. The number of imidazole rings is 1. The van der Waals surface area contributed by atoms with Crippen LogP contribution < -0.4 is 0 Å². The zero-order valence-corrected chi connectivity index (χ0v) is 12.2. The average molecular weight is 296 g/mol. The predicted octanol–water partition coefficient (Wildman–Crippen LogP) is 3.19. The van der Waals surface area contributed by atoms with Crippen molar-refractivity contribution in [2.45, 2.75) is 0 Å². The van der Waals surface area contributed by atoms with Gasteiger partial charge in [0.25, 0.3) is 0 Å². The molecule has 0 bridgehead atoms. The van der Waals surface area contributed by atoms with Gasteiger partial charge in [0.15, 0.2) is 5.82 Å². The molecule has 0 aromatic carbocycles. The molecule has 0 radical (unpaired) electrons. The summed E-state index contributed by atoms with van der Waals surface area (Å²) in [4.78, 5) is 13.3. The molecule has 4 nitrogen and oxygen atoms in total. The van der Waals surface area contributed by atoms with E-state index in [-0.39, 0.29) is 0 Å². The monoisotopic (exact) mass is 296 g/mol. The molecule has 0 amide bonds. The van der Waals surface area contributed by atoms with E-state index in [9.17, 15) is 0 Å². The summed E-state index contributed by atoms with van der Waals surface area (Å²) < 4.78 is 2.00. The van der Waals surface area contributed by atoms with Crippen LogP contribution in [0.15, 0.2) is 73.2 Å². The summed E-state index contributed by atoms with van der Waals surface area (Å²) >= 11 is 0. The fourth-order valence-electron chi connectivity index (χ4n) is 2.37. The smallest absolute Gasteiger partial charge is 0.164 e. The lowest BCUT2D eigenvalue weighted by Crippen LogP contribution is -1.90. The summed E-state index contributed by atoms with van der Waals surface area (Å²) in [5.74, 6) is 6.97. The highest BCUT2D eigenvalue weighted by Gasteiger charge is 2.11. The molecular weight excluding hydrogens is 284 g/mol. The molecule has 0 aliphatic rings. The number of hydrogen-bond donors (Lipinski definition) is 0. The van der Waals surface area contributed by atoms with E-state index in [1.165, 1.54) is 0 Å². The minimum absolute atomic E-state index is 0.719. The minimum Gasteiger partial charge on any atom is -0.297 e. The van der Waals surface area contributed by atoms with Crippen molar-refractivity contribution < 1.29 is 0 Å². The summed E-state index contributed by atoms with van der Waals surface area (Å²) in [6, 6.07) is 17.4. The van der Waals surface area contributed by atoms with E-state index in [0.717, 1.165) is 28.4 Å². The van der Waals surface area contributed by atoms with Gasteiger partial charge in [-0.2, -0.15) is 0 Å². The van der Waals surface area contributed by atoms with E-state index >= 15 is 0 Å². The van der Waals surface area contributed by atoms with Crippen LogP contribution in [0.5, 0.6) is 0 Å². The normalized spacial score (nSPS) is 10.3. The molecule has 4 aromatic heterocycles. The van der Waals surface area contributed by atoms with Gasteiger partial charge in [0.1, 0.15) is 17.1 Å². The molecule has 4 aromatic rings. The number of pyridine rings is 3. The van der Waals surface area contributed by atoms with Gasteiger partial charge in [0, 0.05) is 18.6 Å². The first-order valence-electron chi connectivity index (χ1n) is 7.23. The second kappa shape index (κ2) is 5.74. The number of rotatable bonds is 1. The van der Waals surface area contributed by atoms with E-state index in [0.29, 0.717) is 0 Å². The first-order chi connectivity index (χ1) is 11.4. The fourth-order valence-corrected chi connectivity index (χ4v) is 2.37. The van der Waals surface area contributed by atoms with Gasteiger partial charge in [-0.15, -0.1) is 0 Å². The van der Waals surface area contributed by atoms with Gasteiger partial charge in [0.2, 0.25) is 0 Å². The van der Waals surface area contributed by atoms with Crippen LogP contribution in [0.1, 0.15) is 11.4 Å². The fraction of sp³-hybridized carbons (Fsp3) is 0. The second-order valence-corrected chi connectivity index (χ2v) is 4.92. The highest BCUT2D eigenvalue weighted by atomic mass is 15.0. The maximum atomic E-state index is 4.67. The quantitative estimate of drug-likeness (QED) is 0.507. The average Bonchev–Trinajstić information content (AvgIpc) is 3.01. The molecule has 108 valence electrons. The van der Waals surface area contributed by atoms with Gasteiger partial charge >= 0.3 is 0 Å². The maximum absolute atomic E-state index is 4.67. The lowest BCUT2D eigenvalue weighted by Gasteiger charge is -1.98. The van der Waals surface area contributed by atoms with Crippen LogP contribution in [-0.2, 0) is 0 Å². The lowest BCUT2D eigenvalue weighted by molar-refractivity contribution is 1.13. The summed E-state index contributed by atoms with van der Waals surface area (Å²) in [6.07, 6.45) is 5.46. The molecule has 23 heavy (non-hydrogen) atoms. The Kier molecular flexibility index (Phi) is 3.30. The topological polar surface area (TPSA) is 43.1 Å². The second-order valence-electron chi connectivity index (χ2n) is 4.92. The number of fused-ring (bicyclic) bond motifs is 1. The molecule has 4 rings (SSSR count). The van der Waals surface area contributed by atoms with Crippen molar-refractivity contribution in [2.75, 3.05) is 0 Å². The molecule has 0 unspecified atom stereocenters. The van der Waals surface area contributed by atoms with E-state index in [2.05, 4.69) is 26.8 Å². The van der Waals surface area contributed by atoms with Crippen LogP contribution in [0.25, 0.3) is 17.0 Å². The zero-order chi connectivity index (χ0) is 15.5. The van der Waals surface area contributed by atoms with Gasteiger partial charge in [-0.05, 0) is 48.2 Å². The summed E-state index contributed by atoms with van der Waals surface area (Å²) in [6.45, 7) is 0. The maximum Gasteiger partial charge on any atom is 0.164 e. The highest BCUT2D eigenvalue weighted by molar-refractivity contribution is 5.67. The van der Waals surface area contributed by atoms with Crippen molar-refractivity contribution in [1.29, 1.82) is 0 Å². The van der Waals surface area contributed by atoms with E-state index in [1.807, 2.05) is 65.2 Å². The molecule has 0 saturated carbocycles. The Morgan fingerprint density at radius 1 is 0.783 bits per heavy atom. The van der Waals surface area contributed by atoms with Gasteiger partial charge in [-0.3, -0.25) is 9.38 Å². The van der Waals surface area contributed by atoms with Crippen LogP contribution in [0, 0.1) is 11.8 Å². The third-order valence-corrected chi connectivity index (χ3v) is 3.42. The molecule has 0 saturated heterocycles. The minimum atomic E-state index is 0.719. The Labute approximate surface area is 133 Å². The SMILES string of the molecule is C(#Cc1nc(-c2ccccn2)n2ccccc12)c1ccccn1. The van der Waals surface area contributed by atoms with Crippen LogP contribution in [0.2, 0.25) is 0 Å². The zero-order valence-electron chi connectivity index (χ0n) is 12.2. The van der Waals surface area contributed by atoms with E-state index < -0.39 is 0 Å². The third-order valence-electron chi connectivity index (χ3n) is 3.42. The van der Waals surface area contributed by atoms with Crippen molar-refractivity contribution in [3.05, 3.63) is 84.6 Å². The van der Waals surface area contributed by atoms with Crippen molar-refractivity contribution in [2.24, 2.45) is 0 Å². The van der Waals surface area contributed by atoms with Gasteiger partial charge < -0.3 is 0 Å². The Morgan fingerprint density at radius 3 is 2.39 bits per heavy atom. The molecule has 0 aliphatic heterocycles. The summed E-state index contributed by atoms with van der Waals surface area (Å²) in [7, 11) is 0. The molecule has 0 N–H and O–H groups in total. The van der Waals surface area contributed by atoms with Crippen LogP contribution >= 0.6 is 0 Å². The van der Waals surface area contributed by atoms with Crippen molar-refractivity contribution in [3.63, 3.8) is 0 Å². The van der Waals surface area contributed by atoms with Gasteiger partial charge in [0.05, 0.1) is 5.52 Å². The first-order valence-corrected chi connectivity index (χ1v) is 7.23. The highest BCUT2D eigenvalue weighted by Crippen LogP contribution is 2.20. The molecule has 4 heteroatoms. The first kappa shape index (κ1) is 13.2. The van der Waals surface area contributed by atoms with Crippen LogP contribution in [0.3, 0.4) is 0 Å². The van der Waals surface area contributed by atoms with Crippen molar-refractivity contribution in [1.82, 2.24) is 19.4 Å². The predicted molar refractivity (Wildman–Crippen MR) is 88.6 cm³/mol.